The summed E-state index contributed by atoms with van der Waals surface area (Å²) in [5.74, 6) is 0. The zero-order chi connectivity index (χ0) is 6.15. The van der Waals surface area contributed by atoms with Crippen molar-refractivity contribution in [2.75, 3.05) is 0 Å². The van der Waals surface area contributed by atoms with Gasteiger partial charge in [-0.1, -0.05) is 0 Å². The van der Waals surface area contributed by atoms with Crippen LogP contribution in [-0.2, 0) is 0 Å². The van der Waals surface area contributed by atoms with E-state index in [0.29, 0.717) is 12.8 Å². The lowest BCUT2D eigenvalue weighted by molar-refractivity contribution is 0.0438. The van der Waals surface area contributed by atoms with Gasteiger partial charge in [-0.05, 0) is 0 Å². The monoisotopic (exact) mass is 118 g/mol. The first-order valence-electron chi connectivity index (χ1n) is 2.74. The van der Waals surface area contributed by atoms with Crippen LogP contribution in [0.5, 0.6) is 0 Å². The van der Waals surface area contributed by atoms with Gasteiger partial charge in [0.15, 0.2) is 0 Å². The molecular formula is C5H10O3. The van der Waals surface area contributed by atoms with Crippen LogP contribution in [0.4, 0.5) is 0 Å². The molecule has 0 amide bonds. The Hall–Kier alpha value is -0.120. The lowest BCUT2D eigenvalue weighted by Gasteiger charge is -2.02. The Balaban J connectivity index is 2.39. The van der Waals surface area contributed by atoms with Gasteiger partial charge in [0.25, 0.3) is 0 Å². The van der Waals surface area contributed by atoms with Crippen molar-refractivity contribution in [3.63, 3.8) is 0 Å². The highest BCUT2D eigenvalue weighted by Gasteiger charge is 2.29. The fraction of sp³-hybridized carbons (Fsp3) is 1.00. The molecule has 0 aliphatic heterocycles. The van der Waals surface area contributed by atoms with Crippen LogP contribution in [0, 0.1) is 0 Å². The minimum Gasteiger partial charge on any atom is -0.393 e. The average Bonchev–Trinajstić information content (AvgIpc) is 1.85. The van der Waals surface area contributed by atoms with Crippen LogP contribution in [-0.4, -0.2) is 33.6 Å². The second-order valence-corrected chi connectivity index (χ2v) is 2.26. The molecule has 8 heavy (non-hydrogen) atoms. The van der Waals surface area contributed by atoms with E-state index in [9.17, 15) is 0 Å². The molecule has 0 aromatic heterocycles. The van der Waals surface area contributed by atoms with Crippen molar-refractivity contribution < 1.29 is 15.3 Å². The number of rotatable bonds is 0. The molecule has 0 saturated heterocycles. The Morgan fingerprint density at radius 2 is 1.25 bits per heavy atom. The van der Waals surface area contributed by atoms with Gasteiger partial charge in [-0.3, -0.25) is 0 Å². The SMILES string of the molecule is OC1C[C@@H](O)[C@H](O)C1. The highest BCUT2D eigenvalue weighted by molar-refractivity contribution is 4.81. The summed E-state index contributed by atoms with van der Waals surface area (Å²) < 4.78 is 0. The molecule has 0 radical (unpaired) electrons. The molecule has 1 aliphatic rings. The van der Waals surface area contributed by atoms with E-state index < -0.39 is 18.3 Å². The van der Waals surface area contributed by atoms with Gasteiger partial charge in [0, 0.05) is 12.8 Å². The van der Waals surface area contributed by atoms with E-state index in [-0.39, 0.29) is 0 Å². The van der Waals surface area contributed by atoms with E-state index in [1.165, 1.54) is 0 Å². The van der Waals surface area contributed by atoms with Crippen LogP contribution in [0.25, 0.3) is 0 Å². The summed E-state index contributed by atoms with van der Waals surface area (Å²) >= 11 is 0. The molecule has 3 heteroatoms. The first kappa shape index (κ1) is 6.01. The Labute approximate surface area is 47.6 Å². The predicted molar refractivity (Wildman–Crippen MR) is 27.3 cm³/mol. The molecule has 0 bridgehead atoms. The smallest absolute Gasteiger partial charge is 0.0824 e. The first-order chi connectivity index (χ1) is 3.70. The zero-order valence-electron chi connectivity index (χ0n) is 4.49. The Bertz CT molecular complexity index is 73.7. The van der Waals surface area contributed by atoms with Crippen LogP contribution < -0.4 is 0 Å². The summed E-state index contributed by atoms with van der Waals surface area (Å²) in [4.78, 5) is 0. The molecule has 0 aromatic rings. The van der Waals surface area contributed by atoms with Gasteiger partial charge >= 0.3 is 0 Å². The maximum Gasteiger partial charge on any atom is 0.0824 e. The van der Waals surface area contributed by atoms with Crippen LogP contribution >= 0.6 is 0 Å². The number of hydrogen-bond acceptors (Lipinski definition) is 3. The molecule has 2 atom stereocenters. The van der Waals surface area contributed by atoms with Crippen molar-refractivity contribution in [1.82, 2.24) is 0 Å². The minimum absolute atomic E-state index is 0.321. The molecule has 1 fully saturated rings. The van der Waals surface area contributed by atoms with E-state index >= 15 is 0 Å². The van der Waals surface area contributed by atoms with E-state index in [1.54, 1.807) is 0 Å². The van der Waals surface area contributed by atoms with E-state index in [4.69, 9.17) is 15.3 Å². The van der Waals surface area contributed by atoms with Crippen molar-refractivity contribution in [2.45, 2.75) is 31.2 Å². The molecule has 0 unspecified atom stereocenters. The molecule has 3 nitrogen and oxygen atoms in total. The van der Waals surface area contributed by atoms with E-state index in [1.807, 2.05) is 0 Å². The summed E-state index contributed by atoms with van der Waals surface area (Å²) in [6.45, 7) is 0. The second-order valence-electron chi connectivity index (χ2n) is 2.26. The highest BCUT2D eigenvalue weighted by atomic mass is 16.3. The van der Waals surface area contributed by atoms with Crippen LogP contribution in [0.1, 0.15) is 12.8 Å². The molecule has 0 spiro atoms. The summed E-state index contributed by atoms with van der Waals surface area (Å²) in [6, 6.07) is 0. The lowest BCUT2D eigenvalue weighted by atomic mass is 10.3. The van der Waals surface area contributed by atoms with Crippen LogP contribution in [0.15, 0.2) is 0 Å². The summed E-state index contributed by atoms with van der Waals surface area (Å²) in [5.41, 5.74) is 0. The maximum absolute atomic E-state index is 8.76. The van der Waals surface area contributed by atoms with Crippen LogP contribution in [0.2, 0.25) is 0 Å². The van der Waals surface area contributed by atoms with Crippen molar-refractivity contribution in [1.29, 1.82) is 0 Å². The second kappa shape index (κ2) is 2.01. The van der Waals surface area contributed by atoms with Gasteiger partial charge in [-0.15, -0.1) is 0 Å². The lowest BCUT2D eigenvalue weighted by Crippen LogP contribution is -2.17. The average molecular weight is 118 g/mol. The summed E-state index contributed by atoms with van der Waals surface area (Å²) in [5, 5.41) is 26.3. The standard InChI is InChI=1S/C5H10O3/c6-3-1-4(7)5(8)2-3/h3-8H,1-2H2/t4-,5-/m1/s1. The third kappa shape index (κ3) is 0.992. The van der Waals surface area contributed by atoms with Gasteiger partial charge in [0.2, 0.25) is 0 Å². The third-order valence-electron chi connectivity index (χ3n) is 1.47. The van der Waals surface area contributed by atoms with Gasteiger partial charge in [-0.25, -0.2) is 0 Å². The molecule has 1 saturated carbocycles. The highest BCUT2D eigenvalue weighted by Crippen LogP contribution is 2.18. The molecule has 0 aromatic carbocycles. The normalized spacial score (nSPS) is 40.9. The first-order valence-corrected chi connectivity index (χ1v) is 2.74. The summed E-state index contributed by atoms with van der Waals surface area (Å²) in [6.07, 6.45) is -1.27. The Kier molecular flexibility index (Phi) is 1.51. The molecular weight excluding hydrogens is 108 g/mol. The quantitative estimate of drug-likeness (QED) is 0.377. The number of aliphatic hydroxyl groups excluding tert-OH is 3. The van der Waals surface area contributed by atoms with Crippen molar-refractivity contribution in [2.24, 2.45) is 0 Å². The van der Waals surface area contributed by atoms with Gasteiger partial charge in [0.1, 0.15) is 0 Å². The minimum atomic E-state index is -0.704. The number of hydrogen-bond donors (Lipinski definition) is 3. The third-order valence-corrected chi connectivity index (χ3v) is 1.47. The predicted octanol–water partition coefficient (Wildman–Crippen LogP) is -1.14. The molecule has 1 aliphatic carbocycles. The maximum atomic E-state index is 8.76. The van der Waals surface area contributed by atoms with Crippen molar-refractivity contribution in [3.8, 4) is 0 Å². The van der Waals surface area contributed by atoms with Crippen molar-refractivity contribution >= 4 is 0 Å². The summed E-state index contributed by atoms with van der Waals surface area (Å²) in [7, 11) is 0. The van der Waals surface area contributed by atoms with Crippen molar-refractivity contribution in [3.05, 3.63) is 0 Å². The molecule has 48 valence electrons. The van der Waals surface area contributed by atoms with Gasteiger partial charge < -0.3 is 15.3 Å². The van der Waals surface area contributed by atoms with Gasteiger partial charge in [0.05, 0.1) is 18.3 Å². The van der Waals surface area contributed by atoms with Crippen LogP contribution in [0.3, 0.4) is 0 Å². The largest absolute Gasteiger partial charge is 0.393 e. The Morgan fingerprint density at radius 3 is 1.38 bits per heavy atom. The van der Waals surface area contributed by atoms with E-state index in [2.05, 4.69) is 0 Å². The molecule has 1 rings (SSSR count). The molecule has 0 heterocycles. The molecule has 3 N–H and O–H groups in total. The van der Waals surface area contributed by atoms with E-state index in [0.717, 1.165) is 0 Å². The number of aliphatic hydroxyl groups is 3. The topological polar surface area (TPSA) is 60.7 Å². The zero-order valence-corrected chi connectivity index (χ0v) is 4.49. The van der Waals surface area contributed by atoms with Gasteiger partial charge in [-0.2, -0.15) is 0 Å². The fourth-order valence-corrected chi connectivity index (χ4v) is 0.968. The fourth-order valence-electron chi connectivity index (χ4n) is 0.968. The Morgan fingerprint density at radius 1 is 0.875 bits per heavy atom.